The van der Waals surface area contributed by atoms with Crippen LogP contribution < -0.4 is 5.32 Å². The summed E-state index contributed by atoms with van der Waals surface area (Å²) in [6.45, 7) is 18.8. The second kappa shape index (κ2) is 8.04. The van der Waals surface area contributed by atoms with Crippen LogP contribution in [0.1, 0.15) is 74.3 Å². The molecule has 0 aliphatic rings. The Bertz CT molecular complexity index is 649. The Labute approximate surface area is 165 Å². The van der Waals surface area contributed by atoms with E-state index in [1.54, 1.807) is 27.7 Å². The summed E-state index contributed by atoms with van der Waals surface area (Å²) in [6.07, 6.45) is 2.13. The lowest BCUT2D eigenvalue weighted by molar-refractivity contribution is -0.158. The van der Waals surface area contributed by atoms with Crippen LogP contribution in [0.5, 0.6) is 0 Å². The van der Waals surface area contributed by atoms with Crippen LogP contribution in [0, 0.1) is 16.2 Å². The zero-order valence-electron chi connectivity index (χ0n) is 18.5. The molecule has 1 rings (SSSR count). The van der Waals surface area contributed by atoms with Gasteiger partial charge in [-0.2, -0.15) is 0 Å². The maximum Gasteiger partial charge on any atom is 0.293 e. The van der Waals surface area contributed by atoms with Gasteiger partial charge in [0, 0.05) is 5.69 Å². The predicted octanol–water partition coefficient (Wildman–Crippen LogP) is 5.61. The fraction of sp³-hybridized carbons (Fsp3) is 0.652. The van der Waals surface area contributed by atoms with E-state index in [2.05, 4.69) is 52.1 Å². The molecule has 1 amide bonds. The molecule has 0 atom stereocenters. The summed E-state index contributed by atoms with van der Waals surface area (Å²) in [4.78, 5) is 23.5. The highest BCUT2D eigenvalue weighted by Crippen LogP contribution is 2.37. The molecule has 0 saturated carbocycles. The first-order valence-electron chi connectivity index (χ1n) is 9.62. The van der Waals surface area contributed by atoms with E-state index in [4.69, 9.17) is 4.74 Å². The Morgan fingerprint density at radius 3 is 1.93 bits per heavy atom. The highest BCUT2D eigenvalue weighted by molar-refractivity contribution is 5.95. The molecule has 152 valence electrons. The highest BCUT2D eigenvalue weighted by atomic mass is 16.5. The Morgan fingerprint density at radius 1 is 0.963 bits per heavy atom. The number of ether oxygens (including phenoxy) is 1. The van der Waals surface area contributed by atoms with Crippen molar-refractivity contribution in [3.63, 3.8) is 0 Å². The first kappa shape index (κ1) is 23.2. The van der Waals surface area contributed by atoms with Crippen LogP contribution >= 0.6 is 0 Å². The third-order valence-corrected chi connectivity index (χ3v) is 5.32. The molecular weight excluding hydrogens is 338 g/mol. The second-order valence-electron chi connectivity index (χ2n) is 10.6. The average Bonchev–Trinajstić information content (AvgIpc) is 2.46. The molecule has 0 spiro atoms. The molecule has 0 bridgehead atoms. The Morgan fingerprint density at radius 2 is 1.48 bits per heavy atom. The van der Waals surface area contributed by atoms with E-state index in [1.165, 1.54) is 5.56 Å². The fourth-order valence-corrected chi connectivity index (χ4v) is 3.59. The minimum atomic E-state index is -0.907. The van der Waals surface area contributed by atoms with E-state index in [9.17, 15) is 9.59 Å². The van der Waals surface area contributed by atoms with Crippen molar-refractivity contribution in [2.24, 2.45) is 16.2 Å². The summed E-state index contributed by atoms with van der Waals surface area (Å²) in [6, 6.07) is 8.01. The molecule has 0 unspecified atom stereocenters. The summed E-state index contributed by atoms with van der Waals surface area (Å²) in [5.74, 6) is -0.185. The lowest BCUT2D eigenvalue weighted by Gasteiger charge is -2.38. The summed E-state index contributed by atoms with van der Waals surface area (Å²) in [5.41, 5.74) is 0.718. The number of anilines is 1. The minimum Gasteiger partial charge on any atom is -0.461 e. The Kier molecular flexibility index (Phi) is 6.90. The average molecular weight is 376 g/mol. The van der Waals surface area contributed by atoms with Gasteiger partial charge in [0.15, 0.2) is 0 Å². The van der Waals surface area contributed by atoms with Crippen molar-refractivity contribution in [2.45, 2.75) is 80.8 Å². The van der Waals surface area contributed by atoms with Crippen LogP contribution in [0.2, 0.25) is 0 Å². The van der Waals surface area contributed by atoms with E-state index in [0.717, 1.165) is 18.5 Å². The number of carbonyl (C=O) groups is 2. The first-order chi connectivity index (χ1) is 12.1. The number of amides is 1. The maximum atomic E-state index is 12.7. The van der Waals surface area contributed by atoms with Crippen molar-refractivity contribution in [1.29, 1.82) is 0 Å². The summed E-state index contributed by atoms with van der Waals surface area (Å²) < 4.78 is 5.13. The SMILES string of the molecule is CC(C)(C)CC(C)(C)Cc1ccc(NC(=O)C(C)(C)C(C)(C)OC=O)cc1. The molecule has 1 aromatic carbocycles. The second-order valence-corrected chi connectivity index (χ2v) is 10.6. The fourth-order valence-electron chi connectivity index (χ4n) is 3.59. The van der Waals surface area contributed by atoms with Gasteiger partial charge in [0.2, 0.25) is 5.91 Å². The van der Waals surface area contributed by atoms with Crippen LogP contribution in [0.3, 0.4) is 0 Å². The molecule has 0 saturated heterocycles. The largest absolute Gasteiger partial charge is 0.461 e. The van der Waals surface area contributed by atoms with Crippen molar-refractivity contribution in [2.75, 3.05) is 5.32 Å². The van der Waals surface area contributed by atoms with E-state index in [1.807, 2.05) is 12.1 Å². The van der Waals surface area contributed by atoms with Crippen molar-refractivity contribution in [1.82, 2.24) is 0 Å². The molecule has 0 heterocycles. The smallest absolute Gasteiger partial charge is 0.293 e. The third kappa shape index (κ3) is 6.67. The maximum absolute atomic E-state index is 12.7. The zero-order valence-corrected chi connectivity index (χ0v) is 18.5. The van der Waals surface area contributed by atoms with Crippen molar-refractivity contribution in [3.05, 3.63) is 29.8 Å². The minimum absolute atomic E-state index is 0.185. The molecule has 1 N–H and O–H groups in total. The molecule has 0 radical (unpaired) electrons. The van der Waals surface area contributed by atoms with Crippen molar-refractivity contribution >= 4 is 18.1 Å². The Balaban J connectivity index is 2.83. The molecule has 4 nitrogen and oxygen atoms in total. The van der Waals surface area contributed by atoms with Gasteiger partial charge in [0.05, 0.1) is 5.41 Å². The monoisotopic (exact) mass is 375 g/mol. The molecule has 0 aliphatic carbocycles. The summed E-state index contributed by atoms with van der Waals surface area (Å²) in [5, 5.41) is 2.94. The highest BCUT2D eigenvalue weighted by Gasteiger charge is 2.45. The number of nitrogens with one attached hydrogen (secondary N) is 1. The van der Waals surface area contributed by atoms with Gasteiger partial charge in [-0.25, -0.2) is 0 Å². The molecule has 4 heteroatoms. The van der Waals surface area contributed by atoms with Gasteiger partial charge in [-0.15, -0.1) is 0 Å². The van der Waals surface area contributed by atoms with Gasteiger partial charge in [-0.1, -0.05) is 46.8 Å². The molecular formula is C23H37NO3. The van der Waals surface area contributed by atoms with Gasteiger partial charge in [0.25, 0.3) is 6.47 Å². The lowest BCUT2D eigenvalue weighted by atomic mass is 9.73. The summed E-state index contributed by atoms with van der Waals surface area (Å²) >= 11 is 0. The van der Waals surface area contributed by atoms with E-state index in [-0.39, 0.29) is 11.3 Å². The quantitative estimate of drug-likeness (QED) is 0.601. The first-order valence-corrected chi connectivity index (χ1v) is 9.62. The van der Waals surface area contributed by atoms with Crippen LogP contribution in [0.25, 0.3) is 0 Å². The van der Waals surface area contributed by atoms with Gasteiger partial charge >= 0.3 is 0 Å². The van der Waals surface area contributed by atoms with Crippen molar-refractivity contribution < 1.29 is 14.3 Å². The molecule has 0 aliphatic heterocycles. The van der Waals surface area contributed by atoms with E-state index in [0.29, 0.717) is 11.9 Å². The van der Waals surface area contributed by atoms with Gasteiger partial charge in [-0.3, -0.25) is 9.59 Å². The van der Waals surface area contributed by atoms with Crippen LogP contribution in [-0.4, -0.2) is 18.0 Å². The van der Waals surface area contributed by atoms with Gasteiger partial charge < -0.3 is 10.1 Å². The number of hydrogen-bond acceptors (Lipinski definition) is 3. The Hall–Kier alpha value is -1.84. The van der Waals surface area contributed by atoms with E-state index >= 15 is 0 Å². The predicted molar refractivity (Wildman–Crippen MR) is 112 cm³/mol. The van der Waals surface area contributed by atoms with E-state index < -0.39 is 11.0 Å². The molecule has 0 aromatic heterocycles. The summed E-state index contributed by atoms with van der Waals surface area (Å²) in [7, 11) is 0. The standard InChI is InChI=1S/C23H37NO3/c1-20(2,3)15-21(4,5)14-17-10-12-18(13-11-17)24-19(26)22(6,7)23(8,9)27-16-25/h10-13,16H,14-15H2,1-9H3,(H,24,26). The molecule has 0 fully saturated rings. The van der Waals surface area contributed by atoms with Gasteiger partial charge in [0.1, 0.15) is 5.60 Å². The van der Waals surface area contributed by atoms with Crippen LogP contribution in [-0.2, 0) is 20.7 Å². The number of hydrogen-bond donors (Lipinski definition) is 1. The molecule has 27 heavy (non-hydrogen) atoms. The van der Waals surface area contributed by atoms with Crippen molar-refractivity contribution in [3.8, 4) is 0 Å². The van der Waals surface area contributed by atoms with Crippen LogP contribution in [0.4, 0.5) is 5.69 Å². The van der Waals surface area contributed by atoms with Gasteiger partial charge in [-0.05, 0) is 69.1 Å². The number of benzene rings is 1. The van der Waals surface area contributed by atoms with Crippen LogP contribution in [0.15, 0.2) is 24.3 Å². The topological polar surface area (TPSA) is 55.4 Å². The third-order valence-electron chi connectivity index (χ3n) is 5.32. The molecule has 1 aromatic rings. The normalized spacial score (nSPS) is 13.2. The lowest BCUT2D eigenvalue weighted by Crippen LogP contribution is -2.49. The number of rotatable bonds is 8. The number of carbonyl (C=O) groups excluding carboxylic acids is 2. The zero-order chi connectivity index (χ0) is 21.1.